The molecule has 1 N–H and O–H groups in total. The summed E-state index contributed by atoms with van der Waals surface area (Å²) in [6.45, 7) is 5.25. The summed E-state index contributed by atoms with van der Waals surface area (Å²) in [6.07, 6.45) is 22.6. The lowest BCUT2D eigenvalue weighted by molar-refractivity contribution is -0.151. The van der Waals surface area contributed by atoms with Crippen LogP contribution in [0, 0.1) is 0 Å². The molecule has 0 radical (unpaired) electrons. The molecule has 0 unspecified atom stereocenters. The second-order valence-corrected chi connectivity index (χ2v) is 7.42. The highest BCUT2D eigenvalue weighted by Crippen LogP contribution is 2.13. The summed E-state index contributed by atoms with van der Waals surface area (Å²) in [6, 6.07) is 0. The van der Waals surface area contributed by atoms with Gasteiger partial charge in [-0.3, -0.25) is 4.79 Å². The van der Waals surface area contributed by atoms with Crippen LogP contribution in [0.5, 0.6) is 0 Å². The van der Waals surface area contributed by atoms with Crippen LogP contribution in [-0.4, -0.2) is 12.5 Å². The Labute approximate surface area is 157 Å². The third-order valence-corrected chi connectivity index (χ3v) is 4.80. The van der Waals surface area contributed by atoms with E-state index < -0.39 is 0 Å². The van der Waals surface area contributed by atoms with Gasteiger partial charge in [-0.1, -0.05) is 110 Å². The van der Waals surface area contributed by atoms with Crippen molar-refractivity contribution in [3.63, 3.8) is 0 Å². The molecule has 0 bridgehead atoms. The van der Waals surface area contributed by atoms with E-state index in [9.17, 15) is 4.79 Å². The molecule has 0 aliphatic heterocycles. The number of unbranched alkanes of at least 4 members (excludes halogenated alkanes) is 15. The Bertz CT molecular complexity index is 269. The Morgan fingerprint density at radius 2 is 1.00 bits per heavy atom. The number of carbonyl (C=O) groups is 1. The zero-order chi connectivity index (χ0) is 18.4. The van der Waals surface area contributed by atoms with Gasteiger partial charge in [-0.2, -0.15) is 5.48 Å². The molecule has 0 aromatic carbocycles. The zero-order valence-electron chi connectivity index (χ0n) is 17.3. The molecule has 0 aromatic heterocycles. The van der Waals surface area contributed by atoms with Gasteiger partial charge in [-0.15, -0.1) is 0 Å². The van der Waals surface area contributed by atoms with E-state index in [-0.39, 0.29) is 5.97 Å². The van der Waals surface area contributed by atoms with Gasteiger partial charge in [0, 0.05) is 13.0 Å². The number of nitrogens with one attached hydrogen (secondary N) is 1. The summed E-state index contributed by atoms with van der Waals surface area (Å²) in [5, 5.41) is 0. The molecule has 25 heavy (non-hydrogen) atoms. The molecule has 3 heteroatoms. The van der Waals surface area contributed by atoms with Crippen LogP contribution in [0.3, 0.4) is 0 Å². The highest BCUT2D eigenvalue weighted by molar-refractivity contribution is 5.68. The fourth-order valence-electron chi connectivity index (χ4n) is 3.09. The van der Waals surface area contributed by atoms with Crippen LogP contribution in [0.15, 0.2) is 0 Å². The van der Waals surface area contributed by atoms with E-state index in [1.807, 2.05) is 0 Å². The van der Waals surface area contributed by atoms with Crippen LogP contribution < -0.4 is 5.48 Å². The molecule has 150 valence electrons. The summed E-state index contributed by atoms with van der Waals surface area (Å²) in [5.74, 6) is -0.0986. The lowest BCUT2D eigenvalue weighted by atomic mass is 10.0. The van der Waals surface area contributed by atoms with Crippen LogP contribution in [0.25, 0.3) is 0 Å². The molecule has 0 aromatic rings. The standard InChI is InChI=1S/C22H45NO2/c1-3-5-7-9-10-11-12-13-14-15-16-17-18-20-22(24)25-23-21-19-8-6-4-2/h23H,3-21H2,1-2H3. The number of hydroxylamine groups is 1. The monoisotopic (exact) mass is 355 g/mol. The van der Waals surface area contributed by atoms with E-state index in [1.165, 1.54) is 89.9 Å². The van der Waals surface area contributed by atoms with E-state index in [2.05, 4.69) is 19.3 Å². The van der Waals surface area contributed by atoms with Crippen molar-refractivity contribution in [1.29, 1.82) is 0 Å². The van der Waals surface area contributed by atoms with Crippen LogP contribution in [0.2, 0.25) is 0 Å². The highest BCUT2D eigenvalue weighted by atomic mass is 16.7. The van der Waals surface area contributed by atoms with Gasteiger partial charge in [-0.25, -0.2) is 0 Å². The van der Waals surface area contributed by atoms with Gasteiger partial charge in [0.05, 0.1) is 0 Å². The SMILES string of the molecule is CCCCCCCCCCCCCCCC(=O)ONCCCCCC. The van der Waals surface area contributed by atoms with Crippen molar-refractivity contribution in [1.82, 2.24) is 5.48 Å². The average Bonchev–Trinajstić information content (AvgIpc) is 2.62. The van der Waals surface area contributed by atoms with Gasteiger partial charge in [0.15, 0.2) is 0 Å². The van der Waals surface area contributed by atoms with Crippen molar-refractivity contribution in [3.8, 4) is 0 Å². The van der Waals surface area contributed by atoms with Crippen LogP contribution in [-0.2, 0) is 9.63 Å². The molecule has 0 atom stereocenters. The summed E-state index contributed by atoms with van der Waals surface area (Å²) >= 11 is 0. The molecule has 0 fully saturated rings. The van der Waals surface area contributed by atoms with Gasteiger partial charge in [0.1, 0.15) is 0 Å². The first kappa shape index (κ1) is 24.4. The van der Waals surface area contributed by atoms with Crippen LogP contribution in [0.4, 0.5) is 0 Å². The maximum Gasteiger partial charge on any atom is 0.324 e. The maximum atomic E-state index is 11.5. The molecule has 0 saturated carbocycles. The van der Waals surface area contributed by atoms with Gasteiger partial charge < -0.3 is 4.84 Å². The first-order chi connectivity index (χ1) is 12.3. The Kier molecular flexibility index (Phi) is 21.0. The Hall–Kier alpha value is -0.570. The fourth-order valence-corrected chi connectivity index (χ4v) is 3.09. The lowest BCUT2D eigenvalue weighted by Gasteiger charge is -2.06. The second-order valence-electron chi connectivity index (χ2n) is 7.42. The summed E-state index contributed by atoms with van der Waals surface area (Å²) < 4.78 is 0. The molecule has 0 aliphatic carbocycles. The normalized spacial score (nSPS) is 11.0. The number of hydrogen-bond acceptors (Lipinski definition) is 3. The Morgan fingerprint density at radius 3 is 1.48 bits per heavy atom. The second kappa shape index (κ2) is 21.5. The topological polar surface area (TPSA) is 38.3 Å². The Morgan fingerprint density at radius 1 is 0.600 bits per heavy atom. The molecule has 0 saturated heterocycles. The zero-order valence-corrected chi connectivity index (χ0v) is 17.3. The van der Waals surface area contributed by atoms with Crippen molar-refractivity contribution in [3.05, 3.63) is 0 Å². The predicted molar refractivity (Wildman–Crippen MR) is 109 cm³/mol. The number of rotatable bonds is 20. The molecular formula is C22H45NO2. The van der Waals surface area contributed by atoms with E-state index in [0.717, 1.165) is 25.8 Å². The minimum atomic E-state index is -0.0986. The summed E-state index contributed by atoms with van der Waals surface area (Å²) in [7, 11) is 0. The fraction of sp³-hybridized carbons (Fsp3) is 0.955. The first-order valence-electron chi connectivity index (χ1n) is 11.2. The Balaban J connectivity index is 3.11. The average molecular weight is 356 g/mol. The minimum Gasteiger partial charge on any atom is -0.371 e. The number of carbonyl (C=O) groups excluding carboxylic acids is 1. The summed E-state index contributed by atoms with van der Waals surface area (Å²) in [5.41, 5.74) is 2.79. The van der Waals surface area contributed by atoms with Crippen molar-refractivity contribution in [2.75, 3.05) is 6.54 Å². The molecule has 0 aliphatic rings. The smallest absolute Gasteiger partial charge is 0.324 e. The number of hydrogen-bond donors (Lipinski definition) is 1. The van der Waals surface area contributed by atoms with Crippen molar-refractivity contribution in [2.24, 2.45) is 0 Å². The minimum absolute atomic E-state index is 0.0986. The molecule has 0 amide bonds. The van der Waals surface area contributed by atoms with E-state index in [0.29, 0.717) is 6.42 Å². The molecule has 0 rings (SSSR count). The van der Waals surface area contributed by atoms with E-state index in [1.54, 1.807) is 0 Å². The van der Waals surface area contributed by atoms with Gasteiger partial charge >= 0.3 is 5.97 Å². The highest BCUT2D eigenvalue weighted by Gasteiger charge is 2.02. The van der Waals surface area contributed by atoms with Gasteiger partial charge in [0.25, 0.3) is 0 Å². The van der Waals surface area contributed by atoms with E-state index in [4.69, 9.17) is 4.84 Å². The maximum absolute atomic E-state index is 11.5. The van der Waals surface area contributed by atoms with Crippen molar-refractivity contribution < 1.29 is 9.63 Å². The first-order valence-corrected chi connectivity index (χ1v) is 11.2. The van der Waals surface area contributed by atoms with Crippen LogP contribution >= 0.6 is 0 Å². The summed E-state index contributed by atoms with van der Waals surface area (Å²) in [4.78, 5) is 16.6. The largest absolute Gasteiger partial charge is 0.371 e. The van der Waals surface area contributed by atoms with Crippen LogP contribution in [0.1, 0.15) is 129 Å². The van der Waals surface area contributed by atoms with Gasteiger partial charge in [-0.05, 0) is 12.8 Å². The van der Waals surface area contributed by atoms with Crippen molar-refractivity contribution in [2.45, 2.75) is 129 Å². The predicted octanol–water partition coefficient (Wildman–Crippen LogP) is 7.10. The third kappa shape index (κ3) is 21.4. The lowest BCUT2D eigenvalue weighted by Crippen LogP contribution is -2.20. The molecule has 0 heterocycles. The molecular weight excluding hydrogens is 310 g/mol. The van der Waals surface area contributed by atoms with E-state index >= 15 is 0 Å². The van der Waals surface area contributed by atoms with Crippen molar-refractivity contribution >= 4 is 5.97 Å². The third-order valence-electron chi connectivity index (χ3n) is 4.80. The molecule has 0 spiro atoms. The quantitative estimate of drug-likeness (QED) is 0.187. The molecule has 3 nitrogen and oxygen atoms in total. The van der Waals surface area contributed by atoms with Gasteiger partial charge in [0.2, 0.25) is 0 Å².